The smallest absolute Gasteiger partial charge is 0.274 e. The zero-order valence-corrected chi connectivity index (χ0v) is 15.0. The third kappa shape index (κ3) is 3.01. The highest BCUT2D eigenvalue weighted by Gasteiger charge is 2.26. The molecule has 1 amide bonds. The van der Waals surface area contributed by atoms with E-state index in [1.807, 2.05) is 24.4 Å². The zero-order chi connectivity index (χ0) is 18.1. The Hall–Kier alpha value is -2.93. The van der Waals surface area contributed by atoms with Crippen molar-refractivity contribution in [3.8, 4) is 11.3 Å². The van der Waals surface area contributed by atoms with Gasteiger partial charge in [-0.3, -0.25) is 19.9 Å². The molecule has 0 radical (unpaired) electrons. The molecule has 0 bridgehead atoms. The Morgan fingerprint density at radius 3 is 2.81 bits per heavy atom. The van der Waals surface area contributed by atoms with Crippen LogP contribution in [0.5, 0.6) is 0 Å². The number of H-pyrrole nitrogens is 2. The summed E-state index contributed by atoms with van der Waals surface area (Å²) in [5.41, 5.74) is 5.95. The Morgan fingerprint density at radius 1 is 1.23 bits per heavy atom. The standard InChI is InChI=1S/C19H22N6O/c1-24(2)19(26)18-15-12-25(9-8-16(15)21-23-18)11-14-10-20-22-17(14)13-6-4-3-5-7-13/h3-7,10H,8-9,11-12H2,1-2H3,(H,20,22)(H,21,23). The number of carbonyl (C=O) groups excluding carboxylic acids is 1. The maximum atomic E-state index is 12.4. The highest BCUT2D eigenvalue weighted by Crippen LogP contribution is 2.26. The minimum absolute atomic E-state index is 0.0577. The monoisotopic (exact) mass is 350 g/mol. The highest BCUT2D eigenvalue weighted by atomic mass is 16.2. The van der Waals surface area contributed by atoms with Crippen molar-refractivity contribution in [1.82, 2.24) is 30.2 Å². The number of amides is 1. The van der Waals surface area contributed by atoms with Gasteiger partial charge in [0.15, 0.2) is 5.69 Å². The van der Waals surface area contributed by atoms with E-state index in [2.05, 4.69) is 37.4 Å². The molecule has 7 heteroatoms. The number of hydrogen-bond acceptors (Lipinski definition) is 4. The number of aromatic nitrogens is 4. The van der Waals surface area contributed by atoms with Crippen molar-refractivity contribution in [2.45, 2.75) is 19.5 Å². The minimum atomic E-state index is -0.0577. The van der Waals surface area contributed by atoms with E-state index in [4.69, 9.17) is 0 Å². The molecule has 3 heterocycles. The van der Waals surface area contributed by atoms with Gasteiger partial charge in [-0.05, 0) is 5.56 Å². The van der Waals surface area contributed by atoms with Crippen LogP contribution < -0.4 is 0 Å². The Kier molecular flexibility index (Phi) is 4.30. The van der Waals surface area contributed by atoms with Crippen LogP contribution >= 0.6 is 0 Å². The lowest BCUT2D eigenvalue weighted by Gasteiger charge is -2.27. The van der Waals surface area contributed by atoms with Crippen LogP contribution in [0.15, 0.2) is 36.5 Å². The van der Waals surface area contributed by atoms with Crippen LogP contribution in [0, 0.1) is 0 Å². The molecule has 0 saturated heterocycles. The molecule has 2 aromatic heterocycles. The Morgan fingerprint density at radius 2 is 2.04 bits per heavy atom. The third-order valence-corrected chi connectivity index (χ3v) is 4.80. The van der Waals surface area contributed by atoms with Gasteiger partial charge >= 0.3 is 0 Å². The van der Waals surface area contributed by atoms with E-state index in [0.29, 0.717) is 12.2 Å². The molecule has 2 N–H and O–H groups in total. The summed E-state index contributed by atoms with van der Waals surface area (Å²) in [6, 6.07) is 10.2. The molecule has 1 aliphatic heterocycles. The van der Waals surface area contributed by atoms with Crippen LogP contribution in [0.2, 0.25) is 0 Å². The number of hydrogen-bond donors (Lipinski definition) is 2. The second kappa shape index (κ2) is 6.76. The van der Waals surface area contributed by atoms with Crippen molar-refractivity contribution in [3.05, 3.63) is 59.0 Å². The van der Waals surface area contributed by atoms with E-state index in [9.17, 15) is 4.79 Å². The van der Waals surface area contributed by atoms with Gasteiger partial charge in [-0.1, -0.05) is 30.3 Å². The minimum Gasteiger partial charge on any atom is -0.343 e. The van der Waals surface area contributed by atoms with Crippen LogP contribution in [0.25, 0.3) is 11.3 Å². The molecule has 1 aliphatic rings. The first-order valence-corrected chi connectivity index (χ1v) is 8.71. The Balaban J connectivity index is 1.55. The van der Waals surface area contributed by atoms with Crippen LogP contribution in [-0.4, -0.2) is 56.7 Å². The first-order valence-electron chi connectivity index (χ1n) is 8.71. The molecule has 0 aliphatic carbocycles. The van der Waals surface area contributed by atoms with Gasteiger partial charge in [-0.25, -0.2) is 0 Å². The molecule has 3 aromatic rings. The van der Waals surface area contributed by atoms with Gasteiger partial charge in [0.05, 0.1) is 11.9 Å². The van der Waals surface area contributed by atoms with Crippen LogP contribution in [-0.2, 0) is 19.5 Å². The molecule has 0 fully saturated rings. The summed E-state index contributed by atoms with van der Waals surface area (Å²) in [7, 11) is 3.50. The van der Waals surface area contributed by atoms with Gasteiger partial charge in [-0.15, -0.1) is 0 Å². The van der Waals surface area contributed by atoms with Gasteiger partial charge in [0, 0.05) is 57.0 Å². The van der Waals surface area contributed by atoms with Gasteiger partial charge in [-0.2, -0.15) is 10.2 Å². The van der Waals surface area contributed by atoms with Crippen molar-refractivity contribution < 1.29 is 4.79 Å². The van der Waals surface area contributed by atoms with Gasteiger partial charge in [0.1, 0.15) is 0 Å². The van der Waals surface area contributed by atoms with Crippen molar-refractivity contribution in [2.75, 3.05) is 20.6 Å². The first kappa shape index (κ1) is 16.5. The van der Waals surface area contributed by atoms with Crippen LogP contribution in [0.4, 0.5) is 0 Å². The topological polar surface area (TPSA) is 80.9 Å². The second-order valence-electron chi connectivity index (χ2n) is 6.83. The number of nitrogens with zero attached hydrogens (tertiary/aromatic N) is 4. The van der Waals surface area contributed by atoms with Gasteiger partial charge in [0.25, 0.3) is 5.91 Å². The molecule has 0 unspecified atom stereocenters. The van der Waals surface area contributed by atoms with E-state index >= 15 is 0 Å². The third-order valence-electron chi connectivity index (χ3n) is 4.80. The summed E-state index contributed by atoms with van der Waals surface area (Å²) in [5.74, 6) is -0.0577. The number of fused-ring (bicyclic) bond motifs is 1. The van der Waals surface area contributed by atoms with E-state index in [0.717, 1.165) is 47.6 Å². The zero-order valence-electron chi connectivity index (χ0n) is 15.0. The van der Waals surface area contributed by atoms with E-state index in [1.54, 1.807) is 19.0 Å². The summed E-state index contributed by atoms with van der Waals surface area (Å²) in [6.07, 6.45) is 2.75. The molecule has 7 nitrogen and oxygen atoms in total. The number of benzene rings is 1. The Bertz CT molecular complexity index is 911. The summed E-state index contributed by atoms with van der Waals surface area (Å²) in [6.45, 7) is 2.41. The molecular formula is C19H22N6O. The molecular weight excluding hydrogens is 328 g/mol. The van der Waals surface area contributed by atoms with Crippen molar-refractivity contribution >= 4 is 5.91 Å². The number of aromatic amines is 2. The van der Waals surface area contributed by atoms with Crippen molar-refractivity contribution in [2.24, 2.45) is 0 Å². The fourth-order valence-corrected chi connectivity index (χ4v) is 3.40. The Labute approximate surface area is 152 Å². The average Bonchev–Trinajstić information content (AvgIpc) is 3.28. The predicted molar refractivity (Wildman–Crippen MR) is 98.4 cm³/mol. The average molecular weight is 350 g/mol. The fourth-order valence-electron chi connectivity index (χ4n) is 3.40. The lowest BCUT2D eigenvalue weighted by molar-refractivity contribution is 0.0819. The predicted octanol–water partition coefficient (Wildman–Crippen LogP) is 2.06. The normalized spacial score (nSPS) is 14.2. The molecule has 4 rings (SSSR count). The van der Waals surface area contributed by atoms with E-state index < -0.39 is 0 Å². The lowest BCUT2D eigenvalue weighted by Crippen LogP contribution is -2.32. The molecule has 0 spiro atoms. The maximum absolute atomic E-state index is 12.4. The summed E-state index contributed by atoms with van der Waals surface area (Å²) < 4.78 is 0. The second-order valence-corrected chi connectivity index (χ2v) is 6.83. The van der Waals surface area contributed by atoms with Gasteiger partial charge < -0.3 is 4.90 Å². The quantitative estimate of drug-likeness (QED) is 0.755. The van der Waals surface area contributed by atoms with Crippen LogP contribution in [0.3, 0.4) is 0 Å². The maximum Gasteiger partial charge on any atom is 0.274 e. The summed E-state index contributed by atoms with van der Waals surface area (Å²) in [4.78, 5) is 16.3. The lowest BCUT2D eigenvalue weighted by atomic mass is 10.0. The summed E-state index contributed by atoms with van der Waals surface area (Å²) >= 11 is 0. The van der Waals surface area contributed by atoms with E-state index in [-0.39, 0.29) is 5.91 Å². The van der Waals surface area contributed by atoms with Crippen LogP contribution in [0.1, 0.15) is 27.3 Å². The SMILES string of the molecule is CN(C)C(=O)c1n[nH]c2c1CN(Cc1cn[nH]c1-c1ccccc1)CC2. The fraction of sp³-hybridized carbons (Fsp3) is 0.316. The molecule has 26 heavy (non-hydrogen) atoms. The number of rotatable bonds is 4. The first-order chi connectivity index (χ1) is 12.6. The van der Waals surface area contributed by atoms with E-state index in [1.165, 1.54) is 0 Å². The number of carbonyl (C=O) groups is 1. The highest BCUT2D eigenvalue weighted by molar-refractivity contribution is 5.93. The summed E-state index contributed by atoms with van der Waals surface area (Å²) in [5, 5.41) is 14.6. The molecule has 134 valence electrons. The number of nitrogens with one attached hydrogen (secondary N) is 2. The van der Waals surface area contributed by atoms with Crippen molar-refractivity contribution in [1.29, 1.82) is 0 Å². The molecule has 1 aromatic carbocycles. The van der Waals surface area contributed by atoms with Gasteiger partial charge in [0.2, 0.25) is 0 Å². The van der Waals surface area contributed by atoms with Crippen molar-refractivity contribution in [3.63, 3.8) is 0 Å². The molecule has 0 atom stereocenters. The largest absolute Gasteiger partial charge is 0.343 e. The molecule has 0 saturated carbocycles.